The lowest BCUT2D eigenvalue weighted by Gasteiger charge is -2.19. The Hall–Kier alpha value is -1.48. The molecule has 94 valence electrons. The molecule has 2 aromatic rings. The van der Waals surface area contributed by atoms with Crippen molar-refractivity contribution in [1.82, 2.24) is 0 Å². The Balaban J connectivity index is 1.98. The molecule has 0 fully saturated rings. The largest absolute Gasteiger partial charge is 0.399 e. The number of hydrogen-bond acceptors (Lipinski definition) is 2. The summed E-state index contributed by atoms with van der Waals surface area (Å²) in [6.07, 6.45) is 1.02. The van der Waals surface area contributed by atoms with Crippen LogP contribution in [0, 0.1) is 0 Å². The van der Waals surface area contributed by atoms with Crippen LogP contribution in [-0.4, -0.2) is 13.6 Å². The van der Waals surface area contributed by atoms with Gasteiger partial charge in [-0.15, -0.1) is 0 Å². The van der Waals surface area contributed by atoms with Crippen LogP contribution in [0.4, 0.5) is 11.4 Å². The van der Waals surface area contributed by atoms with Crippen LogP contribution >= 0.6 is 15.9 Å². The van der Waals surface area contributed by atoms with Gasteiger partial charge in [0.15, 0.2) is 0 Å². The SMILES string of the molecule is CN(CCc1ccccc1Br)c1ccc(N)cc1. The van der Waals surface area contributed by atoms with Crippen LogP contribution in [0.3, 0.4) is 0 Å². The Bertz CT molecular complexity index is 508. The summed E-state index contributed by atoms with van der Waals surface area (Å²) in [6.45, 7) is 0.979. The Morgan fingerprint density at radius 2 is 1.72 bits per heavy atom. The number of likely N-dealkylation sites (N-methyl/N-ethyl adjacent to an activating group) is 1. The fraction of sp³-hybridized carbons (Fsp3) is 0.200. The van der Waals surface area contributed by atoms with Gasteiger partial charge in [-0.1, -0.05) is 34.1 Å². The van der Waals surface area contributed by atoms with Gasteiger partial charge >= 0.3 is 0 Å². The molecule has 3 heteroatoms. The zero-order chi connectivity index (χ0) is 13.0. The van der Waals surface area contributed by atoms with Crippen LogP contribution in [0.1, 0.15) is 5.56 Å². The summed E-state index contributed by atoms with van der Waals surface area (Å²) in [5.74, 6) is 0. The van der Waals surface area contributed by atoms with Gasteiger partial charge in [-0.05, 0) is 42.3 Å². The molecular weight excluding hydrogens is 288 g/mol. The fourth-order valence-corrected chi connectivity index (χ4v) is 2.33. The maximum atomic E-state index is 5.69. The minimum absolute atomic E-state index is 0.804. The molecule has 0 aliphatic carbocycles. The van der Waals surface area contributed by atoms with E-state index in [1.54, 1.807) is 0 Å². The van der Waals surface area contributed by atoms with Gasteiger partial charge in [0, 0.05) is 29.4 Å². The van der Waals surface area contributed by atoms with E-state index in [-0.39, 0.29) is 0 Å². The average Bonchev–Trinajstić information content (AvgIpc) is 2.38. The molecular formula is C15H17BrN2. The van der Waals surface area contributed by atoms with Gasteiger partial charge in [-0.25, -0.2) is 0 Å². The Morgan fingerprint density at radius 3 is 2.39 bits per heavy atom. The highest BCUT2D eigenvalue weighted by atomic mass is 79.9. The first-order valence-electron chi connectivity index (χ1n) is 5.97. The van der Waals surface area contributed by atoms with Crippen LogP contribution in [0.2, 0.25) is 0 Å². The van der Waals surface area contributed by atoms with E-state index in [0.29, 0.717) is 0 Å². The van der Waals surface area contributed by atoms with Gasteiger partial charge in [0.2, 0.25) is 0 Å². The van der Waals surface area contributed by atoms with Crippen molar-refractivity contribution in [3.63, 3.8) is 0 Å². The summed E-state index contributed by atoms with van der Waals surface area (Å²) >= 11 is 3.58. The maximum Gasteiger partial charge on any atom is 0.0365 e. The van der Waals surface area contributed by atoms with Crippen molar-refractivity contribution < 1.29 is 0 Å². The first kappa shape index (κ1) is 13.0. The van der Waals surface area contributed by atoms with Crippen LogP contribution in [-0.2, 0) is 6.42 Å². The number of anilines is 2. The van der Waals surface area contributed by atoms with E-state index in [1.807, 2.05) is 18.2 Å². The molecule has 0 aromatic heterocycles. The lowest BCUT2D eigenvalue weighted by molar-refractivity contribution is 0.874. The molecule has 0 bridgehead atoms. The fourth-order valence-electron chi connectivity index (χ4n) is 1.85. The third-order valence-electron chi connectivity index (χ3n) is 3.01. The first-order chi connectivity index (χ1) is 8.66. The quantitative estimate of drug-likeness (QED) is 0.873. The van der Waals surface area contributed by atoms with Gasteiger partial charge in [0.05, 0.1) is 0 Å². The number of rotatable bonds is 4. The summed E-state index contributed by atoms with van der Waals surface area (Å²) in [5, 5.41) is 0. The van der Waals surface area contributed by atoms with E-state index in [1.165, 1.54) is 15.7 Å². The van der Waals surface area contributed by atoms with E-state index >= 15 is 0 Å². The number of halogens is 1. The lowest BCUT2D eigenvalue weighted by Crippen LogP contribution is -2.20. The van der Waals surface area contributed by atoms with Crippen molar-refractivity contribution in [2.24, 2.45) is 0 Å². The van der Waals surface area contributed by atoms with Crippen molar-refractivity contribution >= 4 is 27.3 Å². The highest BCUT2D eigenvalue weighted by Crippen LogP contribution is 2.19. The highest BCUT2D eigenvalue weighted by Gasteiger charge is 2.03. The van der Waals surface area contributed by atoms with E-state index in [2.05, 4.69) is 58.2 Å². The molecule has 2 N–H and O–H groups in total. The summed E-state index contributed by atoms with van der Waals surface area (Å²) in [5.41, 5.74) is 9.01. The van der Waals surface area contributed by atoms with Crippen molar-refractivity contribution in [2.45, 2.75) is 6.42 Å². The molecule has 2 rings (SSSR count). The van der Waals surface area contributed by atoms with Gasteiger partial charge < -0.3 is 10.6 Å². The molecule has 0 unspecified atom stereocenters. The molecule has 2 nitrogen and oxygen atoms in total. The molecule has 0 amide bonds. The summed E-state index contributed by atoms with van der Waals surface area (Å²) in [7, 11) is 2.10. The smallest absolute Gasteiger partial charge is 0.0365 e. The Kier molecular flexibility index (Phi) is 4.26. The van der Waals surface area contributed by atoms with Crippen molar-refractivity contribution in [2.75, 3.05) is 24.2 Å². The van der Waals surface area contributed by atoms with E-state index < -0.39 is 0 Å². The number of nitrogens with two attached hydrogens (primary N) is 1. The average molecular weight is 305 g/mol. The van der Waals surface area contributed by atoms with Crippen molar-refractivity contribution in [1.29, 1.82) is 0 Å². The molecule has 0 heterocycles. The van der Waals surface area contributed by atoms with E-state index in [4.69, 9.17) is 5.73 Å². The molecule has 0 saturated carbocycles. The predicted octanol–water partition coefficient (Wildman–Crippen LogP) is 3.71. The van der Waals surface area contributed by atoms with Gasteiger partial charge in [-0.2, -0.15) is 0 Å². The lowest BCUT2D eigenvalue weighted by atomic mass is 10.1. The van der Waals surface area contributed by atoms with Crippen molar-refractivity contribution in [3.05, 3.63) is 58.6 Å². The second kappa shape index (κ2) is 5.91. The summed E-state index contributed by atoms with van der Waals surface area (Å²) < 4.78 is 1.18. The van der Waals surface area contributed by atoms with Crippen LogP contribution in [0.25, 0.3) is 0 Å². The molecule has 18 heavy (non-hydrogen) atoms. The maximum absolute atomic E-state index is 5.69. The zero-order valence-corrected chi connectivity index (χ0v) is 12.0. The molecule has 0 spiro atoms. The van der Waals surface area contributed by atoms with Crippen molar-refractivity contribution in [3.8, 4) is 0 Å². The highest BCUT2D eigenvalue weighted by molar-refractivity contribution is 9.10. The Labute approximate surface area is 117 Å². The molecule has 0 atom stereocenters. The standard InChI is InChI=1S/C15H17BrN2/c1-18(14-8-6-13(17)7-9-14)11-10-12-4-2-3-5-15(12)16/h2-9H,10-11,17H2,1H3. The second-order valence-electron chi connectivity index (χ2n) is 4.35. The van der Waals surface area contributed by atoms with Crippen LogP contribution in [0.5, 0.6) is 0 Å². The zero-order valence-electron chi connectivity index (χ0n) is 10.4. The monoisotopic (exact) mass is 304 g/mol. The number of hydrogen-bond donors (Lipinski definition) is 1. The minimum atomic E-state index is 0.804. The minimum Gasteiger partial charge on any atom is -0.399 e. The molecule has 0 saturated heterocycles. The van der Waals surface area contributed by atoms with Gasteiger partial charge in [0.1, 0.15) is 0 Å². The number of benzene rings is 2. The Morgan fingerprint density at radius 1 is 1.06 bits per heavy atom. The predicted molar refractivity (Wildman–Crippen MR) is 82.0 cm³/mol. The number of nitrogens with zero attached hydrogens (tertiary/aromatic N) is 1. The van der Waals surface area contributed by atoms with Crippen LogP contribution < -0.4 is 10.6 Å². The van der Waals surface area contributed by atoms with Gasteiger partial charge in [-0.3, -0.25) is 0 Å². The molecule has 0 aliphatic rings. The second-order valence-corrected chi connectivity index (χ2v) is 5.21. The molecule has 0 radical (unpaired) electrons. The normalized spacial score (nSPS) is 10.3. The molecule has 0 aliphatic heterocycles. The third kappa shape index (κ3) is 3.26. The topological polar surface area (TPSA) is 29.3 Å². The molecule has 2 aromatic carbocycles. The van der Waals surface area contributed by atoms with E-state index in [9.17, 15) is 0 Å². The summed E-state index contributed by atoms with van der Waals surface area (Å²) in [6, 6.07) is 16.3. The third-order valence-corrected chi connectivity index (χ3v) is 3.78. The van der Waals surface area contributed by atoms with Gasteiger partial charge in [0.25, 0.3) is 0 Å². The summed E-state index contributed by atoms with van der Waals surface area (Å²) in [4.78, 5) is 2.24. The van der Waals surface area contributed by atoms with E-state index in [0.717, 1.165) is 18.7 Å². The van der Waals surface area contributed by atoms with Crippen LogP contribution in [0.15, 0.2) is 53.0 Å². The number of nitrogen functional groups attached to an aromatic ring is 1. The first-order valence-corrected chi connectivity index (χ1v) is 6.76.